The maximum absolute atomic E-state index is 13.5. The minimum Gasteiger partial charge on any atom is -0.237 e. The Labute approximate surface area is 151 Å². The van der Waals surface area contributed by atoms with Gasteiger partial charge in [-0.15, -0.1) is 0 Å². The van der Waals surface area contributed by atoms with Crippen molar-refractivity contribution in [3.05, 3.63) is 57.4 Å². The zero-order valence-electron chi connectivity index (χ0n) is 12.8. The maximum atomic E-state index is 13.5. The molecule has 0 amide bonds. The van der Waals surface area contributed by atoms with Gasteiger partial charge in [-0.3, -0.25) is 0 Å². The van der Waals surface area contributed by atoms with Gasteiger partial charge in [0.05, 0.1) is 4.90 Å². The molecule has 126 valence electrons. The largest absolute Gasteiger partial charge is 0.272 e. The van der Waals surface area contributed by atoms with Crippen molar-refractivity contribution in [3.8, 4) is 0 Å². The van der Waals surface area contributed by atoms with Gasteiger partial charge in [-0.1, -0.05) is 17.7 Å². The number of alkyl halides is 2. The Bertz CT molecular complexity index is 1020. The Kier molecular flexibility index (Phi) is 4.15. The molecule has 0 radical (unpaired) electrons. The number of nitrogens with zero attached hydrogens (tertiary/aromatic N) is 2. The van der Waals surface area contributed by atoms with Gasteiger partial charge in [0, 0.05) is 33.8 Å². The Morgan fingerprint density at radius 1 is 1.21 bits per heavy atom. The molecule has 0 aliphatic heterocycles. The highest BCUT2D eigenvalue weighted by atomic mass is 127. The first-order valence-electron chi connectivity index (χ1n) is 6.98. The number of aryl methyl sites for hydroxylation is 1. The Morgan fingerprint density at radius 3 is 2.42 bits per heavy atom. The van der Waals surface area contributed by atoms with E-state index in [-0.39, 0.29) is 16.1 Å². The van der Waals surface area contributed by atoms with Crippen LogP contribution in [-0.4, -0.2) is 17.4 Å². The summed E-state index contributed by atoms with van der Waals surface area (Å²) < 4.78 is 54.2. The molecule has 0 atom stereocenters. The zero-order chi connectivity index (χ0) is 17.7. The highest BCUT2D eigenvalue weighted by Crippen LogP contribution is 2.32. The van der Waals surface area contributed by atoms with E-state index in [0.717, 1.165) is 22.7 Å². The molecule has 0 aliphatic rings. The SMILES string of the molecule is Cc1ccc(S(=O)(=O)n2cc(I)c3cc(C(C)(F)F)cnc32)cc1. The summed E-state index contributed by atoms with van der Waals surface area (Å²) in [4.78, 5) is 4.10. The molecule has 3 rings (SSSR count). The lowest BCUT2D eigenvalue weighted by molar-refractivity contribution is 0.0173. The monoisotopic (exact) mass is 462 g/mol. The predicted molar refractivity (Wildman–Crippen MR) is 95.8 cm³/mol. The number of rotatable bonds is 3. The highest BCUT2D eigenvalue weighted by Gasteiger charge is 2.27. The van der Waals surface area contributed by atoms with Gasteiger partial charge in [-0.2, -0.15) is 0 Å². The molecule has 2 aromatic heterocycles. The summed E-state index contributed by atoms with van der Waals surface area (Å²) in [5, 5.41) is 0.380. The van der Waals surface area contributed by atoms with Crippen LogP contribution in [0.25, 0.3) is 11.0 Å². The van der Waals surface area contributed by atoms with Crippen LogP contribution in [0.4, 0.5) is 8.78 Å². The quantitative estimate of drug-likeness (QED) is 0.546. The Hall–Kier alpha value is -1.55. The second-order valence-electron chi connectivity index (χ2n) is 5.57. The number of fused-ring (bicyclic) bond motifs is 1. The van der Waals surface area contributed by atoms with Gasteiger partial charge in [0.2, 0.25) is 0 Å². The van der Waals surface area contributed by atoms with Gasteiger partial charge in [0.1, 0.15) is 0 Å². The van der Waals surface area contributed by atoms with Crippen LogP contribution in [0.3, 0.4) is 0 Å². The number of benzene rings is 1. The van der Waals surface area contributed by atoms with Crippen molar-refractivity contribution in [3.63, 3.8) is 0 Å². The smallest absolute Gasteiger partial charge is 0.237 e. The van der Waals surface area contributed by atoms with Crippen LogP contribution in [0, 0.1) is 10.5 Å². The molecule has 0 saturated heterocycles. The normalized spacial score (nSPS) is 12.7. The summed E-state index contributed by atoms with van der Waals surface area (Å²) in [6, 6.07) is 7.71. The predicted octanol–water partition coefficient (Wildman–Crippen LogP) is 4.30. The molecule has 0 aliphatic carbocycles. The second kappa shape index (κ2) is 5.76. The third kappa shape index (κ3) is 2.92. The van der Waals surface area contributed by atoms with E-state index >= 15 is 0 Å². The van der Waals surface area contributed by atoms with Crippen molar-refractivity contribution in [2.45, 2.75) is 24.7 Å². The van der Waals surface area contributed by atoms with Gasteiger partial charge in [-0.05, 0) is 47.7 Å². The molecule has 8 heteroatoms. The second-order valence-corrected chi connectivity index (χ2v) is 8.55. The third-order valence-electron chi connectivity index (χ3n) is 3.65. The number of aromatic nitrogens is 2. The standard InChI is InChI=1S/C16H13F2IN2O2S/c1-10-3-5-12(6-4-10)24(22,23)21-9-14(19)13-7-11(16(2,17)18)8-20-15(13)21/h3-9H,1-2H3. The van der Waals surface area contributed by atoms with Crippen LogP contribution >= 0.6 is 22.6 Å². The van der Waals surface area contributed by atoms with E-state index in [4.69, 9.17) is 0 Å². The first-order valence-corrected chi connectivity index (χ1v) is 9.50. The van der Waals surface area contributed by atoms with Crippen LogP contribution < -0.4 is 0 Å². The summed E-state index contributed by atoms with van der Waals surface area (Å²) in [5.74, 6) is -3.04. The molecular weight excluding hydrogens is 449 g/mol. The lowest BCUT2D eigenvalue weighted by Gasteiger charge is -2.11. The van der Waals surface area contributed by atoms with Crippen LogP contribution in [0.1, 0.15) is 18.1 Å². The van der Waals surface area contributed by atoms with E-state index in [9.17, 15) is 17.2 Å². The van der Waals surface area contributed by atoms with Gasteiger partial charge in [-0.25, -0.2) is 26.2 Å². The van der Waals surface area contributed by atoms with E-state index in [1.165, 1.54) is 24.4 Å². The van der Waals surface area contributed by atoms with Gasteiger partial charge < -0.3 is 0 Å². The molecule has 0 N–H and O–H groups in total. The molecule has 0 saturated carbocycles. The average Bonchev–Trinajstić information content (AvgIpc) is 2.84. The molecule has 0 bridgehead atoms. The summed E-state index contributed by atoms with van der Waals surface area (Å²) in [7, 11) is -3.85. The molecule has 0 unspecified atom stereocenters. The first kappa shape index (κ1) is 17.3. The molecule has 24 heavy (non-hydrogen) atoms. The summed E-state index contributed by atoms with van der Waals surface area (Å²) >= 11 is 1.92. The van der Waals surface area contributed by atoms with Crippen molar-refractivity contribution < 1.29 is 17.2 Å². The Balaban J connectivity index is 2.22. The summed E-state index contributed by atoms with van der Waals surface area (Å²) in [5.41, 5.74) is 0.820. The van der Waals surface area contributed by atoms with Crippen molar-refractivity contribution in [1.29, 1.82) is 0 Å². The van der Waals surface area contributed by atoms with Crippen LogP contribution in [0.2, 0.25) is 0 Å². The van der Waals surface area contributed by atoms with Crippen LogP contribution in [-0.2, 0) is 15.9 Å². The first-order chi connectivity index (χ1) is 11.1. The highest BCUT2D eigenvalue weighted by molar-refractivity contribution is 14.1. The molecule has 3 aromatic rings. The average molecular weight is 462 g/mol. The number of hydrogen-bond donors (Lipinski definition) is 0. The molecular formula is C16H13F2IN2O2S. The molecule has 0 fully saturated rings. The minimum absolute atomic E-state index is 0.119. The molecule has 4 nitrogen and oxygen atoms in total. The summed E-state index contributed by atoms with van der Waals surface area (Å²) in [6.45, 7) is 2.64. The van der Waals surface area contributed by atoms with Gasteiger partial charge in [0.25, 0.3) is 15.9 Å². The van der Waals surface area contributed by atoms with E-state index in [2.05, 4.69) is 4.98 Å². The van der Waals surface area contributed by atoms with Crippen molar-refractivity contribution in [1.82, 2.24) is 8.96 Å². The topological polar surface area (TPSA) is 52.0 Å². The van der Waals surface area contributed by atoms with Crippen LogP contribution in [0.15, 0.2) is 47.6 Å². The minimum atomic E-state index is -3.85. The van der Waals surface area contributed by atoms with E-state index < -0.39 is 15.9 Å². The van der Waals surface area contributed by atoms with Crippen molar-refractivity contribution >= 4 is 43.6 Å². The van der Waals surface area contributed by atoms with E-state index in [1.807, 2.05) is 29.5 Å². The lowest BCUT2D eigenvalue weighted by atomic mass is 10.1. The molecule has 1 aromatic carbocycles. The van der Waals surface area contributed by atoms with Gasteiger partial charge in [0.15, 0.2) is 5.65 Å². The van der Waals surface area contributed by atoms with Crippen molar-refractivity contribution in [2.24, 2.45) is 0 Å². The fraction of sp³-hybridized carbons (Fsp3) is 0.188. The molecule has 0 spiro atoms. The van der Waals surface area contributed by atoms with Gasteiger partial charge >= 0.3 is 0 Å². The zero-order valence-corrected chi connectivity index (χ0v) is 15.8. The lowest BCUT2D eigenvalue weighted by Crippen LogP contribution is -2.13. The van der Waals surface area contributed by atoms with Crippen LogP contribution in [0.5, 0.6) is 0 Å². The fourth-order valence-corrected chi connectivity index (χ4v) is 4.48. The fourth-order valence-electron chi connectivity index (χ4n) is 2.29. The summed E-state index contributed by atoms with van der Waals surface area (Å²) in [6.07, 6.45) is 2.41. The third-order valence-corrected chi connectivity index (χ3v) is 6.17. The molecule has 2 heterocycles. The number of hydrogen-bond acceptors (Lipinski definition) is 3. The van der Waals surface area contributed by atoms with E-state index in [0.29, 0.717) is 8.96 Å². The Morgan fingerprint density at radius 2 is 1.83 bits per heavy atom. The maximum Gasteiger partial charge on any atom is 0.272 e. The van der Waals surface area contributed by atoms with E-state index in [1.54, 1.807) is 12.1 Å². The number of halogens is 3. The van der Waals surface area contributed by atoms with Crippen molar-refractivity contribution in [2.75, 3.05) is 0 Å². The number of pyridine rings is 1.